The maximum Gasteiger partial charge on any atom is 0.406 e. The smallest absolute Gasteiger partial charge is 0.406 e. The van der Waals surface area contributed by atoms with Gasteiger partial charge in [-0.25, -0.2) is 0 Å². The minimum atomic E-state index is -4.57. The highest BCUT2D eigenvalue weighted by atomic mass is 19.4. The SMILES string of the molecule is CCCCCCC(=O)N(CC(=O)O)CC(F)(F)F. The molecule has 106 valence electrons. The molecule has 0 bridgehead atoms. The van der Waals surface area contributed by atoms with E-state index >= 15 is 0 Å². The molecule has 0 rings (SSSR count). The number of aliphatic carboxylic acids is 1. The highest BCUT2D eigenvalue weighted by molar-refractivity contribution is 5.81. The van der Waals surface area contributed by atoms with Crippen molar-refractivity contribution in [3.8, 4) is 0 Å². The average molecular weight is 269 g/mol. The largest absolute Gasteiger partial charge is 0.480 e. The van der Waals surface area contributed by atoms with Gasteiger partial charge in [-0.2, -0.15) is 13.2 Å². The summed E-state index contributed by atoms with van der Waals surface area (Å²) in [6, 6.07) is 0. The van der Waals surface area contributed by atoms with E-state index in [0.29, 0.717) is 11.3 Å². The first-order chi connectivity index (χ1) is 8.26. The van der Waals surface area contributed by atoms with Gasteiger partial charge in [-0.15, -0.1) is 0 Å². The maximum absolute atomic E-state index is 12.2. The van der Waals surface area contributed by atoms with Crippen LogP contribution in [-0.2, 0) is 9.59 Å². The van der Waals surface area contributed by atoms with E-state index in [4.69, 9.17) is 5.11 Å². The van der Waals surface area contributed by atoms with Crippen LogP contribution in [0.4, 0.5) is 13.2 Å². The highest BCUT2D eigenvalue weighted by Gasteiger charge is 2.33. The fourth-order valence-electron chi connectivity index (χ4n) is 1.47. The third-order valence-electron chi connectivity index (χ3n) is 2.29. The second kappa shape index (κ2) is 7.94. The van der Waals surface area contributed by atoms with Crippen LogP contribution in [0.1, 0.15) is 39.0 Å². The van der Waals surface area contributed by atoms with Gasteiger partial charge in [0, 0.05) is 6.42 Å². The lowest BCUT2D eigenvalue weighted by Crippen LogP contribution is -2.41. The quantitative estimate of drug-likeness (QED) is 0.688. The number of hydrogen-bond donors (Lipinski definition) is 1. The van der Waals surface area contributed by atoms with Crippen molar-refractivity contribution in [3.63, 3.8) is 0 Å². The Bertz CT molecular complexity index is 279. The Morgan fingerprint density at radius 1 is 1.17 bits per heavy atom. The maximum atomic E-state index is 12.2. The number of amides is 1. The predicted molar refractivity (Wildman–Crippen MR) is 59.0 cm³/mol. The summed E-state index contributed by atoms with van der Waals surface area (Å²) < 4.78 is 36.5. The van der Waals surface area contributed by atoms with Crippen LogP contribution in [-0.4, -0.2) is 41.1 Å². The Hall–Kier alpha value is -1.27. The molecule has 0 aliphatic rings. The Labute approximate surface area is 104 Å². The minimum Gasteiger partial charge on any atom is -0.480 e. The van der Waals surface area contributed by atoms with Crippen LogP contribution >= 0.6 is 0 Å². The lowest BCUT2D eigenvalue weighted by Gasteiger charge is -2.22. The van der Waals surface area contributed by atoms with Crippen molar-refractivity contribution >= 4 is 11.9 Å². The number of carboxylic acid groups (broad SMARTS) is 1. The first kappa shape index (κ1) is 16.7. The van der Waals surface area contributed by atoms with E-state index < -0.39 is 31.1 Å². The molecule has 0 aliphatic carbocycles. The molecule has 0 atom stereocenters. The summed E-state index contributed by atoms with van der Waals surface area (Å²) in [6.07, 6.45) is -1.51. The van der Waals surface area contributed by atoms with Gasteiger partial charge in [0.15, 0.2) is 0 Å². The molecular formula is C11H18F3NO3. The van der Waals surface area contributed by atoms with Gasteiger partial charge in [0.25, 0.3) is 0 Å². The number of carboxylic acids is 1. The van der Waals surface area contributed by atoms with Crippen molar-refractivity contribution in [1.29, 1.82) is 0 Å². The fraction of sp³-hybridized carbons (Fsp3) is 0.818. The number of halogens is 3. The molecule has 0 aromatic heterocycles. The van der Waals surface area contributed by atoms with E-state index in [1.54, 1.807) is 0 Å². The van der Waals surface area contributed by atoms with E-state index in [9.17, 15) is 22.8 Å². The van der Waals surface area contributed by atoms with Crippen molar-refractivity contribution in [2.75, 3.05) is 13.1 Å². The Balaban J connectivity index is 4.27. The number of nitrogens with zero attached hydrogens (tertiary/aromatic N) is 1. The first-order valence-corrected chi connectivity index (χ1v) is 5.82. The molecule has 1 amide bonds. The van der Waals surface area contributed by atoms with Crippen LogP contribution in [0.3, 0.4) is 0 Å². The summed E-state index contributed by atoms with van der Waals surface area (Å²) in [4.78, 5) is 22.2. The van der Waals surface area contributed by atoms with Gasteiger partial charge in [0.2, 0.25) is 5.91 Å². The first-order valence-electron chi connectivity index (χ1n) is 5.82. The monoisotopic (exact) mass is 269 g/mol. The van der Waals surface area contributed by atoms with Crippen LogP contribution < -0.4 is 0 Å². The second-order valence-electron chi connectivity index (χ2n) is 4.07. The minimum absolute atomic E-state index is 0.0383. The summed E-state index contributed by atoms with van der Waals surface area (Å²) in [6.45, 7) is -0.444. The molecule has 18 heavy (non-hydrogen) atoms. The third-order valence-corrected chi connectivity index (χ3v) is 2.29. The van der Waals surface area contributed by atoms with Gasteiger partial charge in [0.1, 0.15) is 13.1 Å². The molecule has 0 fully saturated rings. The molecule has 0 aliphatic heterocycles. The normalized spacial score (nSPS) is 11.3. The molecule has 4 nitrogen and oxygen atoms in total. The zero-order chi connectivity index (χ0) is 14.2. The number of unbranched alkanes of at least 4 members (excludes halogenated alkanes) is 3. The molecule has 0 saturated carbocycles. The zero-order valence-electron chi connectivity index (χ0n) is 10.3. The highest BCUT2D eigenvalue weighted by Crippen LogP contribution is 2.17. The predicted octanol–water partition coefficient (Wildman–Crippen LogP) is 2.43. The summed E-state index contributed by atoms with van der Waals surface area (Å²) in [5.74, 6) is -2.20. The van der Waals surface area contributed by atoms with Crippen LogP contribution in [0.5, 0.6) is 0 Å². The lowest BCUT2D eigenvalue weighted by molar-refractivity contribution is -0.165. The molecule has 0 saturated heterocycles. The van der Waals surface area contributed by atoms with Crippen molar-refractivity contribution in [2.45, 2.75) is 45.2 Å². The Morgan fingerprint density at radius 2 is 1.78 bits per heavy atom. The molecule has 0 unspecified atom stereocenters. The van der Waals surface area contributed by atoms with Crippen molar-refractivity contribution in [1.82, 2.24) is 4.90 Å². The van der Waals surface area contributed by atoms with Gasteiger partial charge in [-0.3, -0.25) is 9.59 Å². The number of carbonyl (C=O) groups is 2. The topological polar surface area (TPSA) is 57.6 Å². The zero-order valence-corrected chi connectivity index (χ0v) is 10.3. The number of hydrogen-bond acceptors (Lipinski definition) is 2. The Kier molecular flexibility index (Phi) is 7.38. The fourth-order valence-corrected chi connectivity index (χ4v) is 1.47. The van der Waals surface area contributed by atoms with Gasteiger partial charge in [-0.05, 0) is 6.42 Å². The summed E-state index contributed by atoms with van der Waals surface area (Å²) in [5, 5.41) is 8.48. The summed E-state index contributed by atoms with van der Waals surface area (Å²) in [7, 11) is 0. The lowest BCUT2D eigenvalue weighted by atomic mass is 10.1. The average Bonchev–Trinajstić information content (AvgIpc) is 2.20. The van der Waals surface area contributed by atoms with E-state index in [-0.39, 0.29) is 6.42 Å². The molecule has 1 N–H and O–H groups in total. The number of alkyl halides is 3. The standard InChI is InChI=1S/C11H18F3NO3/c1-2-3-4-5-6-9(16)15(7-10(17)18)8-11(12,13)14/h2-8H2,1H3,(H,17,18). The molecule has 0 spiro atoms. The van der Waals surface area contributed by atoms with Crippen molar-refractivity contribution in [2.24, 2.45) is 0 Å². The summed E-state index contributed by atoms with van der Waals surface area (Å²) in [5.41, 5.74) is 0. The Morgan fingerprint density at radius 3 is 2.22 bits per heavy atom. The molecule has 0 aromatic carbocycles. The number of rotatable bonds is 8. The van der Waals surface area contributed by atoms with E-state index in [1.165, 1.54) is 0 Å². The van der Waals surface area contributed by atoms with Crippen molar-refractivity contribution in [3.05, 3.63) is 0 Å². The van der Waals surface area contributed by atoms with Gasteiger partial charge in [-0.1, -0.05) is 26.2 Å². The van der Waals surface area contributed by atoms with Crippen LogP contribution in [0.2, 0.25) is 0 Å². The molecule has 7 heteroatoms. The van der Waals surface area contributed by atoms with E-state index in [1.807, 2.05) is 6.92 Å². The third kappa shape index (κ3) is 8.83. The van der Waals surface area contributed by atoms with Gasteiger partial charge in [0.05, 0.1) is 0 Å². The van der Waals surface area contributed by atoms with E-state index in [2.05, 4.69) is 0 Å². The van der Waals surface area contributed by atoms with Crippen LogP contribution in [0.25, 0.3) is 0 Å². The molecule has 0 heterocycles. The number of carbonyl (C=O) groups excluding carboxylic acids is 1. The second-order valence-corrected chi connectivity index (χ2v) is 4.07. The van der Waals surface area contributed by atoms with Gasteiger partial charge < -0.3 is 10.0 Å². The summed E-state index contributed by atoms with van der Waals surface area (Å²) >= 11 is 0. The molecule has 0 aromatic rings. The van der Waals surface area contributed by atoms with Crippen LogP contribution in [0, 0.1) is 0 Å². The van der Waals surface area contributed by atoms with Crippen molar-refractivity contribution < 1.29 is 27.9 Å². The molecule has 0 radical (unpaired) electrons. The van der Waals surface area contributed by atoms with Crippen LogP contribution in [0.15, 0.2) is 0 Å². The van der Waals surface area contributed by atoms with E-state index in [0.717, 1.165) is 19.3 Å². The van der Waals surface area contributed by atoms with Gasteiger partial charge >= 0.3 is 12.1 Å². The molecular weight excluding hydrogens is 251 g/mol.